The maximum atomic E-state index is 10.6. The van der Waals surface area contributed by atoms with Gasteiger partial charge in [0.1, 0.15) is 6.10 Å². The minimum atomic E-state index is -0.714. The van der Waals surface area contributed by atoms with Crippen LogP contribution in [0.15, 0.2) is 60.9 Å². The molecule has 1 aromatic heterocycles. The zero-order valence-electron chi connectivity index (χ0n) is 10.7. The number of aromatic nitrogens is 1. The van der Waals surface area contributed by atoms with E-state index < -0.39 is 6.10 Å². The maximum Gasteiger partial charge on any atom is 0.105 e. The molecule has 0 saturated carbocycles. The zero-order chi connectivity index (χ0) is 13.9. The fraction of sp³-hybridized carbons (Fsp3) is 0.0588. The average Bonchev–Trinajstić information content (AvgIpc) is 2.54. The van der Waals surface area contributed by atoms with E-state index >= 15 is 0 Å². The second-order valence-corrected chi connectivity index (χ2v) is 4.58. The smallest absolute Gasteiger partial charge is 0.105 e. The molecule has 1 N–H and O–H groups in total. The van der Waals surface area contributed by atoms with Crippen LogP contribution in [0.4, 0.5) is 0 Å². The standard InChI is InChI=1S/C17H12N2O/c18-10-12-4-6-13(7-5-12)17(20)16-3-1-2-14-11-19-9-8-15(14)16/h1-9,11,17,20H. The molecule has 3 aromatic rings. The van der Waals surface area contributed by atoms with Gasteiger partial charge in [0.25, 0.3) is 0 Å². The molecule has 1 heterocycles. The third-order valence-electron chi connectivity index (χ3n) is 3.36. The van der Waals surface area contributed by atoms with E-state index in [0.29, 0.717) is 5.56 Å². The quantitative estimate of drug-likeness (QED) is 0.769. The first-order valence-electron chi connectivity index (χ1n) is 6.30. The zero-order valence-corrected chi connectivity index (χ0v) is 10.7. The summed E-state index contributed by atoms with van der Waals surface area (Å²) in [7, 11) is 0. The topological polar surface area (TPSA) is 56.9 Å². The predicted octanol–water partition coefficient (Wildman–Crippen LogP) is 3.19. The lowest BCUT2D eigenvalue weighted by Gasteiger charge is -2.14. The Bertz CT molecular complexity index is 783. The van der Waals surface area contributed by atoms with E-state index in [9.17, 15) is 5.11 Å². The summed E-state index contributed by atoms with van der Waals surface area (Å²) in [6, 6.07) is 16.7. The molecule has 2 aromatic carbocycles. The monoisotopic (exact) mass is 260 g/mol. The molecule has 0 saturated heterocycles. The van der Waals surface area contributed by atoms with Crippen LogP contribution in [0.2, 0.25) is 0 Å². The Morgan fingerprint density at radius 1 is 1.05 bits per heavy atom. The van der Waals surface area contributed by atoms with Crippen LogP contribution in [-0.4, -0.2) is 10.1 Å². The minimum absolute atomic E-state index is 0.586. The number of nitriles is 1. The van der Waals surface area contributed by atoms with Gasteiger partial charge in [0.05, 0.1) is 11.6 Å². The molecule has 0 spiro atoms. The van der Waals surface area contributed by atoms with Crippen LogP contribution >= 0.6 is 0 Å². The number of rotatable bonds is 2. The normalized spacial score (nSPS) is 12.0. The first-order chi connectivity index (χ1) is 9.79. The first-order valence-corrected chi connectivity index (χ1v) is 6.30. The fourth-order valence-corrected chi connectivity index (χ4v) is 2.31. The number of aliphatic hydroxyl groups excluding tert-OH is 1. The van der Waals surface area contributed by atoms with Crippen molar-refractivity contribution in [2.45, 2.75) is 6.10 Å². The van der Waals surface area contributed by atoms with Crippen molar-refractivity contribution in [2.24, 2.45) is 0 Å². The highest BCUT2D eigenvalue weighted by Crippen LogP contribution is 2.28. The number of nitrogens with zero attached hydrogens (tertiary/aromatic N) is 2. The van der Waals surface area contributed by atoms with Gasteiger partial charge in [-0.2, -0.15) is 5.26 Å². The number of hydrogen-bond donors (Lipinski definition) is 1. The van der Waals surface area contributed by atoms with Gasteiger partial charge in [-0.25, -0.2) is 0 Å². The molecule has 0 radical (unpaired) electrons. The molecule has 3 nitrogen and oxygen atoms in total. The van der Waals surface area contributed by atoms with Gasteiger partial charge in [-0.1, -0.05) is 30.3 Å². The lowest BCUT2D eigenvalue weighted by Crippen LogP contribution is -2.00. The molecule has 1 unspecified atom stereocenters. The molecule has 3 heteroatoms. The van der Waals surface area contributed by atoms with Crippen molar-refractivity contribution in [3.63, 3.8) is 0 Å². The molecular weight excluding hydrogens is 248 g/mol. The van der Waals surface area contributed by atoms with E-state index in [1.807, 2.05) is 24.3 Å². The van der Waals surface area contributed by atoms with Gasteiger partial charge >= 0.3 is 0 Å². The predicted molar refractivity (Wildman–Crippen MR) is 77.0 cm³/mol. The molecular formula is C17H12N2O. The molecule has 0 fully saturated rings. The summed E-state index contributed by atoms with van der Waals surface area (Å²) >= 11 is 0. The molecule has 3 rings (SSSR count). The van der Waals surface area contributed by atoms with Crippen molar-refractivity contribution in [3.05, 3.63) is 77.6 Å². The summed E-state index contributed by atoms with van der Waals surface area (Å²) in [4.78, 5) is 4.09. The number of aliphatic hydroxyl groups is 1. The number of pyridine rings is 1. The van der Waals surface area contributed by atoms with Crippen LogP contribution in [0.1, 0.15) is 22.8 Å². The molecule has 0 aliphatic heterocycles. The van der Waals surface area contributed by atoms with Crippen molar-refractivity contribution in [1.82, 2.24) is 4.98 Å². The Labute approximate surface area is 116 Å². The van der Waals surface area contributed by atoms with Crippen LogP contribution < -0.4 is 0 Å². The Balaban J connectivity index is 2.08. The number of benzene rings is 2. The van der Waals surface area contributed by atoms with Crippen LogP contribution in [-0.2, 0) is 0 Å². The third-order valence-corrected chi connectivity index (χ3v) is 3.36. The van der Waals surface area contributed by atoms with Crippen molar-refractivity contribution in [1.29, 1.82) is 5.26 Å². The lowest BCUT2D eigenvalue weighted by molar-refractivity contribution is 0.222. The van der Waals surface area contributed by atoms with E-state index in [1.54, 1.807) is 36.7 Å². The van der Waals surface area contributed by atoms with Gasteiger partial charge in [0, 0.05) is 17.8 Å². The fourth-order valence-electron chi connectivity index (χ4n) is 2.31. The van der Waals surface area contributed by atoms with Crippen molar-refractivity contribution < 1.29 is 5.11 Å². The van der Waals surface area contributed by atoms with Gasteiger partial charge < -0.3 is 5.11 Å². The summed E-state index contributed by atoms with van der Waals surface area (Å²) in [5.41, 5.74) is 2.20. The van der Waals surface area contributed by atoms with Crippen LogP contribution in [0.5, 0.6) is 0 Å². The minimum Gasteiger partial charge on any atom is -0.384 e. The van der Waals surface area contributed by atoms with Crippen molar-refractivity contribution in [3.8, 4) is 6.07 Å². The Kier molecular flexibility index (Phi) is 3.16. The highest BCUT2D eigenvalue weighted by atomic mass is 16.3. The first kappa shape index (κ1) is 12.3. The summed E-state index contributed by atoms with van der Waals surface area (Å²) in [6.07, 6.45) is 2.79. The molecule has 0 aliphatic rings. The van der Waals surface area contributed by atoms with Gasteiger partial charge in [0.15, 0.2) is 0 Å². The maximum absolute atomic E-state index is 10.6. The summed E-state index contributed by atoms with van der Waals surface area (Å²) in [6.45, 7) is 0. The number of hydrogen-bond acceptors (Lipinski definition) is 3. The van der Waals surface area contributed by atoms with Crippen LogP contribution in [0.25, 0.3) is 10.8 Å². The SMILES string of the molecule is N#Cc1ccc(C(O)c2cccc3cnccc23)cc1. The summed E-state index contributed by atoms with van der Waals surface area (Å²) in [5.74, 6) is 0. The lowest BCUT2D eigenvalue weighted by atomic mass is 9.96. The largest absolute Gasteiger partial charge is 0.384 e. The van der Waals surface area contributed by atoms with Crippen molar-refractivity contribution in [2.75, 3.05) is 0 Å². The molecule has 0 amide bonds. The van der Waals surface area contributed by atoms with E-state index in [-0.39, 0.29) is 0 Å². The van der Waals surface area contributed by atoms with Crippen LogP contribution in [0, 0.1) is 11.3 Å². The summed E-state index contributed by atoms with van der Waals surface area (Å²) in [5, 5.41) is 21.3. The van der Waals surface area contributed by atoms with E-state index in [2.05, 4.69) is 11.1 Å². The van der Waals surface area contributed by atoms with E-state index in [1.165, 1.54) is 0 Å². The molecule has 20 heavy (non-hydrogen) atoms. The van der Waals surface area contributed by atoms with Gasteiger partial charge in [-0.05, 0) is 34.7 Å². The molecule has 0 aliphatic carbocycles. The Morgan fingerprint density at radius 3 is 2.60 bits per heavy atom. The summed E-state index contributed by atoms with van der Waals surface area (Å²) < 4.78 is 0. The highest BCUT2D eigenvalue weighted by molar-refractivity contribution is 5.85. The second kappa shape index (κ2) is 5.12. The Morgan fingerprint density at radius 2 is 1.85 bits per heavy atom. The second-order valence-electron chi connectivity index (χ2n) is 4.58. The average molecular weight is 260 g/mol. The van der Waals surface area contributed by atoms with E-state index in [0.717, 1.165) is 21.9 Å². The highest BCUT2D eigenvalue weighted by Gasteiger charge is 2.13. The van der Waals surface area contributed by atoms with Crippen LogP contribution in [0.3, 0.4) is 0 Å². The third kappa shape index (κ3) is 2.13. The van der Waals surface area contributed by atoms with E-state index in [4.69, 9.17) is 5.26 Å². The Hall–Kier alpha value is -2.70. The van der Waals surface area contributed by atoms with Gasteiger partial charge in [0.2, 0.25) is 0 Å². The van der Waals surface area contributed by atoms with Gasteiger partial charge in [-0.15, -0.1) is 0 Å². The number of fused-ring (bicyclic) bond motifs is 1. The molecule has 0 bridgehead atoms. The van der Waals surface area contributed by atoms with Gasteiger partial charge in [-0.3, -0.25) is 4.98 Å². The molecule has 96 valence electrons. The molecule has 1 atom stereocenters. The van der Waals surface area contributed by atoms with Crippen molar-refractivity contribution >= 4 is 10.8 Å².